The summed E-state index contributed by atoms with van der Waals surface area (Å²) >= 11 is 0. The highest BCUT2D eigenvalue weighted by molar-refractivity contribution is 5.85. The predicted octanol–water partition coefficient (Wildman–Crippen LogP) is 1.22. The third-order valence-electron chi connectivity index (χ3n) is 1.54. The summed E-state index contributed by atoms with van der Waals surface area (Å²) in [6.07, 6.45) is 3.83. The summed E-state index contributed by atoms with van der Waals surface area (Å²) in [5, 5.41) is 15.5. The van der Waals surface area contributed by atoms with E-state index in [0.29, 0.717) is 5.75 Å². The highest BCUT2D eigenvalue weighted by Gasteiger charge is 1.96. The summed E-state index contributed by atoms with van der Waals surface area (Å²) in [5.41, 5.74) is 4.91. The Morgan fingerprint density at radius 1 is 1.56 bits per heavy atom. The standard InChI is InChI=1S/C10H10O3.CH2N2/c1-13-9-5-3-2-4-8(9)6-7-10(11)12;2-1-3/h2-7H,1H3,(H,11,12);2H2/b7-6+;. The van der Waals surface area contributed by atoms with Crippen LogP contribution in [0.2, 0.25) is 0 Å². The molecule has 3 N–H and O–H groups in total. The molecule has 1 rings (SSSR count). The molecule has 84 valence electrons. The van der Waals surface area contributed by atoms with Gasteiger partial charge in [0.2, 0.25) is 0 Å². The highest BCUT2D eigenvalue weighted by atomic mass is 16.5. The molecule has 1 aromatic rings. The fourth-order valence-electron chi connectivity index (χ4n) is 0.965. The second kappa shape index (κ2) is 7.88. The Bertz CT molecular complexity index is 408. The lowest BCUT2D eigenvalue weighted by Gasteiger charge is -2.02. The quantitative estimate of drug-likeness (QED) is 0.453. The van der Waals surface area contributed by atoms with Gasteiger partial charge in [0.25, 0.3) is 0 Å². The van der Waals surface area contributed by atoms with Gasteiger partial charge in [-0.15, -0.1) is 0 Å². The largest absolute Gasteiger partial charge is 0.496 e. The molecule has 0 unspecified atom stereocenters. The van der Waals surface area contributed by atoms with Gasteiger partial charge in [-0.2, -0.15) is 5.26 Å². The Morgan fingerprint density at radius 3 is 2.62 bits per heavy atom. The number of methoxy groups -OCH3 is 1. The second-order valence-corrected chi connectivity index (χ2v) is 2.54. The summed E-state index contributed by atoms with van der Waals surface area (Å²) in [7, 11) is 1.55. The monoisotopic (exact) mass is 220 g/mol. The number of para-hydroxylation sites is 1. The first-order valence-corrected chi connectivity index (χ1v) is 4.29. The Hall–Kier alpha value is -2.48. The fraction of sp³-hybridized carbons (Fsp3) is 0.0909. The van der Waals surface area contributed by atoms with E-state index in [1.165, 1.54) is 12.3 Å². The van der Waals surface area contributed by atoms with Gasteiger partial charge in [-0.25, -0.2) is 4.79 Å². The number of carboxylic acids is 1. The molecule has 5 nitrogen and oxygen atoms in total. The number of nitriles is 1. The van der Waals surface area contributed by atoms with Crippen LogP contribution in [0.15, 0.2) is 30.3 Å². The van der Waals surface area contributed by atoms with Crippen LogP contribution < -0.4 is 10.5 Å². The molecule has 16 heavy (non-hydrogen) atoms. The minimum atomic E-state index is -0.967. The number of nitrogens with zero attached hydrogens (tertiary/aromatic N) is 1. The molecule has 0 saturated carbocycles. The molecule has 0 aliphatic carbocycles. The maximum atomic E-state index is 10.2. The maximum Gasteiger partial charge on any atom is 0.328 e. The van der Waals surface area contributed by atoms with Crippen LogP contribution in [-0.4, -0.2) is 18.2 Å². The lowest BCUT2D eigenvalue weighted by molar-refractivity contribution is -0.131. The van der Waals surface area contributed by atoms with Crippen LogP contribution in [-0.2, 0) is 4.79 Å². The smallest absolute Gasteiger partial charge is 0.328 e. The molecule has 0 saturated heterocycles. The zero-order valence-corrected chi connectivity index (χ0v) is 8.75. The molecule has 0 bridgehead atoms. The molecule has 0 amide bonds. The number of hydrogen-bond donors (Lipinski definition) is 2. The number of carboxylic acid groups (broad SMARTS) is 1. The minimum Gasteiger partial charge on any atom is -0.496 e. The summed E-state index contributed by atoms with van der Waals surface area (Å²) in [6.45, 7) is 0. The molecular formula is C11H12N2O3. The maximum absolute atomic E-state index is 10.2. The molecule has 0 aromatic heterocycles. The first-order valence-electron chi connectivity index (χ1n) is 4.29. The first kappa shape index (κ1) is 13.5. The normalized spacial score (nSPS) is 8.75. The van der Waals surface area contributed by atoms with Crippen LogP contribution >= 0.6 is 0 Å². The van der Waals surface area contributed by atoms with Crippen molar-refractivity contribution in [2.75, 3.05) is 7.11 Å². The number of rotatable bonds is 3. The molecule has 0 fully saturated rings. The first-order chi connectivity index (χ1) is 7.65. The summed E-state index contributed by atoms with van der Waals surface area (Å²) < 4.78 is 5.03. The van der Waals surface area contributed by atoms with E-state index in [1.54, 1.807) is 19.2 Å². The van der Waals surface area contributed by atoms with E-state index in [9.17, 15) is 4.79 Å². The van der Waals surface area contributed by atoms with Crippen molar-refractivity contribution >= 4 is 12.0 Å². The van der Waals surface area contributed by atoms with Crippen LogP contribution in [0.25, 0.3) is 6.08 Å². The molecular weight excluding hydrogens is 208 g/mol. The van der Waals surface area contributed by atoms with E-state index in [2.05, 4.69) is 5.73 Å². The average molecular weight is 220 g/mol. The van der Waals surface area contributed by atoms with E-state index in [-0.39, 0.29) is 0 Å². The Labute approximate surface area is 93.4 Å². The lowest BCUT2D eigenvalue weighted by Crippen LogP contribution is -1.88. The number of hydrogen-bond acceptors (Lipinski definition) is 4. The van der Waals surface area contributed by atoms with Crippen LogP contribution in [0.1, 0.15) is 5.56 Å². The van der Waals surface area contributed by atoms with Gasteiger partial charge in [0, 0.05) is 11.6 Å². The van der Waals surface area contributed by atoms with Gasteiger partial charge in [0.15, 0.2) is 6.19 Å². The van der Waals surface area contributed by atoms with Crippen molar-refractivity contribution in [3.8, 4) is 11.9 Å². The summed E-state index contributed by atoms with van der Waals surface area (Å²) in [4.78, 5) is 10.2. The molecule has 0 radical (unpaired) electrons. The van der Waals surface area contributed by atoms with Gasteiger partial charge in [0.1, 0.15) is 5.75 Å². The van der Waals surface area contributed by atoms with Crippen LogP contribution in [0.3, 0.4) is 0 Å². The average Bonchev–Trinajstić information content (AvgIpc) is 2.27. The van der Waals surface area contributed by atoms with Crippen molar-refractivity contribution in [3.05, 3.63) is 35.9 Å². The lowest BCUT2D eigenvalue weighted by atomic mass is 10.2. The fourth-order valence-corrected chi connectivity index (χ4v) is 0.965. The summed E-state index contributed by atoms with van der Waals surface area (Å²) in [6, 6.07) is 7.22. The van der Waals surface area contributed by atoms with Crippen molar-refractivity contribution in [2.24, 2.45) is 5.73 Å². The van der Waals surface area contributed by atoms with Crippen molar-refractivity contribution in [1.29, 1.82) is 5.26 Å². The van der Waals surface area contributed by atoms with Gasteiger partial charge in [-0.3, -0.25) is 0 Å². The van der Waals surface area contributed by atoms with E-state index in [1.807, 2.05) is 12.1 Å². The van der Waals surface area contributed by atoms with E-state index >= 15 is 0 Å². The number of nitrogens with two attached hydrogens (primary N) is 1. The predicted molar refractivity (Wildman–Crippen MR) is 59.5 cm³/mol. The molecule has 0 spiro atoms. The highest BCUT2D eigenvalue weighted by Crippen LogP contribution is 2.18. The summed E-state index contributed by atoms with van der Waals surface area (Å²) in [5.74, 6) is -0.300. The molecule has 0 aliphatic rings. The van der Waals surface area contributed by atoms with Crippen LogP contribution in [0.5, 0.6) is 5.75 Å². The third-order valence-corrected chi connectivity index (χ3v) is 1.54. The Kier molecular flexibility index (Phi) is 6.66. The van der Waals surface area contributed by atoms with E-state index in [0.717, 1.165) is 11.6 Å². The van der Waals surface area contributed by atoms with Crippen molar-refractivity contribution < 1.29 is 14.6 Å². The SMILES string of the molecule is COc1ccccc1/C=C/C(=O)O.N#CN. The van der Waals surface area contributed by atoms with Gasteiger partial charge in [-0.1, -0.05) is 18.2 Å². The minimum absolute atomic E-state index is 0.667. The number of carbonyl (C=O) groups is 1. The zero-order chi connectivity index (χ0) is 12.4. The second-order valence-electron chi connectivity index (χ2n) is 2.54. The molecule has 0 atom stereocenters. The molecule has 5 heteroatoms. The third kappa shape index (κ3) is 5.29. The molecule has 1 aromatic carbocycles. The van der Waals surface area contributed by atoms with Crippen LogP contribution in [0, 0.1) is 11.5 Å². The van der Waals surface area contributed by atoms with Gasteiger partial charge >= 0.3 is 5.97 Å². The topological polar surface area (TPSA) is 96.3 Å². The van der Waals surface area contributed by atoms with Crippen molar-refractivity contribution in [2.45, 2.75) is 0 Å². The Balaban J connectivity index is 0.000000673. The van der Waals surface area contributed by atoms with Gasteiger partial charge in [0.05, 0.1) is 7.11 Å². The Morgan fingerprint density at radius 2 is 2.12 bits per heavy atom. The van der Waals surface area contributed by atoms with Gasteiger partial charge in [-0.05, 0) is 12.1 Å². The molecule has 0 heterocycles. The number of benzene rings is 1. The number of aliphatic carboxylic acids is 1. The van der Waals surface area contributed by atoms with E-state index < -0.39 is 5.97 Å². The van der Waals surface area contributed by atoms with Crippen molar-refractivity contribution in [1.82, 2.24) is 0 Å². The van der Waals surface area contributed by atoms with E-state index in [4.69, 9.17) is 15.1 Å². The van der Waals surface area contributed by atoms with Crippen molar-refractivity contribution in [3.63, 3.8) is 0 Å². The van der Waals surface area contributed by atoms with Gasteiger partial charge < -0.3 is 15.6 Å². The molecule has 0 aliphatic heterocycles. The number of ether oxygens (including phenoxy) is 1. The zero-order valence-electron chi connectivity index (χ0n) is 8.75. The van der Waals surface area contributed by atoms with Crippen LogP contribution in [0.4, 0.5) is 0 Å².